The second kappa shape index (κ2) is 9.88. The predicted molar refractivity (Wildman–Crippen MR) is 110 cm³/mol. The van der Waals surface area contributed by atoms with Gasteiger partial charge < -0.3 is 9.47 Å². The van der Waals surface area contributed by atoms with E-state index in [4.69, 9.17) is 4.74 Å². The molecule has 0 N–H and O–H groups in total. The van der Waals surface area contributed by atoms with Gasteiger partial charge in [0.1, 0.15) is 11.5 Å². The van der Waals surface area contributed by atoms with E-state index in [9.17, 15) is 21.6 Å². The average molecular weight is 459 g/mol. The van der Waals surface area contributed by atoms with Gasteiger partial charge in [0.05, 0.1) is 17.8 Å². The second-order valence-corrected chi connectivity index (χ2v) is 9.42. The Hall–Kier alpha value is -2.30. The zero-order chi connectivity index (χ0) is 22.5. The number of sulfone groups is 1. The Morgan fingerprint density at radius 2 is 1.58 bits per heavy atom. The number of rotatable bonds is 8. The van der Waals surface area contributed by atoms with E-state index >= 15 is 0 Å². The number of piperazine rings is 1. The molecule has 0 aliphatic carbocycles. The van der Waals surface area contributed by atoms with Gasteiger partial charge in [-0.2, -0.15) is 0 Å². The minimum absolute atomic E-state index is 0.0286. The molecule has 0 aromatic heterocycles. The standard InChI is InChI=1S/C21H25F3N2O4S/c1-29-19-3-2-4-20(15-19)31(27,28)14-13-25-9-11-26(12-10-25)16-17-5-7-18(8-6-17)30-21(22,23)24/h2-8,15H,9-14,16H2,1H3. The molecule has 0 bridgehead atoms. The highest BCUT2D eigenvalue weighted by Crippen LogP contribution is 2.23. The molecule has 2 aromatic rings. The van der Waals surface area contributed by atoms with Gasteiger partial charge in [0.15, 0.2) is 9.84 Å². The molecule has 1 aliphatic heterocycles. The Balaban J connectivity index is 1.45. The minimum Gasteiger partial charge on any atom is -0.497 e. The van der Waals surface area contributed by atoms with Crippen LogP contribution in [0.4, 0.5) is 13.2 Å². The third kappa shape index (κ3) is 7.12. The monoisotopic (exact) mass is 458 g/mol. The molecule has 0 atom stereocenters. The summed E-state index contributed by atoms with van der Waals surface area (Å²) in [5.74, 6) is 0.298. The summed E-state index contributed by atoms with van der Waals surface area (Å²) in [5.41, 5.74) is 0.892. The van der Waals surface area contributed by atoms with Gasteiger partial charge in [-0.3, -0.25) is 9.80 Å². The van der Waals surface area contributed by atoms with Crippen LogP contribution in [0.15, 0.2) is 53.4 Å². The smallest absolute Gasteiger partial charge is 0.497 e. The molecule has 1 heterocycles. The lowest BCUT2D eigenvalue weighted by Gasteiger charge is -2.34. The van der Waals surface area contributed by atoms with Crippen LogP contribution in [-0.4, -0.2) is 70.2 Å². The van der Waals surface area contributed by atoms with Crippen molar-refractivity contribution in [2.24, 2.45) is 0 Å². The first-order chi connectivity index (χ1) is 14.6. The summed E-state index contributed by atoms with van der Waals surface area (Å²) in [4.78, 5) is 4.55. The molecular weight excluding hydrogens is 433 g/mol. The Labute approximate surface area is 180 Å². The number of hydrogen-bond donors (Lipinski definition) is 0. The zero-order valence-electron chi connectivity index (χ0n) is 17.1. The first kappa shape index (κ1) is 23.4. The van der Waals surface area contributed by atoms with Crippen molar-refractivity contribution in [3.63, 3.8) is 0 Å². The number of ether oxygens (including phenoxy) is 2. The van der Waals surface area contributed by atoms with Crippen molar-refractivity contribution in [3.8, 4) is 11.5 Å². The van der Waals surface area contributed by atoms with Gasteiger partial charge in [0, 0.05) is 39.3 Å². The molecule has 1 fully saturated rings. The molecule has 170 valence electrons. The van der Waals surface area contributed by atoms with Crippen LogP contribution in [-0.2, 0) is 16.4 Å². The number of alkyl halides is 3. The lowest BCUT2D eigenvalue weighted by molar-refractivity contribution is -0.274. The number of halogens is 3. The van der Waals surface area contributed by atoms with E-state index in [1.165, 1.54) is 25.3 Å². The summed E-state index contributed by atoms with van der Waals surface area (Å²) in [6, 6.07) is 12.3. The van der Waals surface area contributed by atoms with E-state index < -0.39 is 16.2 Å². The number of methoxy groups -OCH3 is 1. The van der Waals surface area contributed by atoms with Crippen molar-refractivity contribution in [3.05, 3.63) is 54.1 Å². The van der Waals surface area contributed by atoms with Crippen molar-refractivity contribution in [2.75, 3.05) is 45.6 Å². The maximum absolute atomic E-state index is 12.6. The van der Waals surface area contributed by atoms with Crippen molar-refractivity contribution >= 4 is 9.84 Å². The molecule has 2 aromatic carbocycles. The van der Waals surface area contributed by atoms with Crippen LogP contribution >= 0.6 is 0 Å². The van der Waals surface area contributed by atoms with E-state index in [2.05, 4.69) is 14.5 Å². The largest absolute Gasteiger partial charge is 0.573 e. The van der Waals surface area contributed by atoms with Gasteiger partial charge in [0.25, 0.3) is 0 Å². The van der Waals surface area contributed by atoms with E-state index in [1.807, 2.05) is 0 Å². The molecule has 31 heavy (non-hydrogen) atoms. The SMILES string of the molecule is COc1cccc(S(=O)(=O)CCN2CCN(Cc3ccc(OC(F)(F)F)cc3)CC2)c1. The van der Waals surface area contributed by atoms with Gasteiger partial charge in [-0.05, 0) is 35.9 Å². The fraction of sp³-hybridized carbons (Fsp3) is 0.429. The quantitative estimate of drug-likeness (QED) is 0.606. The fourth-order valence-electron chi connectivity index (χ4n) is 3.39. The summed E-state index contributed by atoms with van der Waals surface area (Å²) in [5, 5.41) is 0. The third-order valence-electron chi connectivity index (χ3n) is 5.10. The lowest BCUT2D eigenvalue weighted by atomic mass is 10.2. The van der Waals surface area contributed by atoms with Crippen LogP contribution in [0.2, 0.25) is 0 Å². The van der Waals surface area contributed by atoms with Crippen molar-refractivity contribution in [1.82, 2.24) is 9.80 Å². The second-order valence-electron chi connectivity index (χ2n) is 7.31. The summed E-state index contributed by atoms with van der Waals surface area (Å²) >= 11 is 0. The van der Waals surface area contributed by atoms with E-state index in [-0.39, 0.29) is 16.4 Å². The molecule has 1 saturated heterocycles. The van der Waals surface area contributed by atoms with E-state index in [1.54, 1.807) is 30.3 Å². The van der Waals surface area contributed by atoms with Crippen molar-refractivity contribution in [2.45, 2.75) is 17.8 Å². The fourth-order valence-corrected chi connectivity index (χ4v) is 4.70. The molecule has 0 unspecified atom stereocenters. The first-order valence-corrected chi connectivity index (χ1v) is 11.5. The van der Waals surface area contributed by atoms with Crippen LogP contribution in [0.3, 0.4) is 0 Å². The molecule has 10 heteroatoms. The van der Waals surface area contributed by atoms with Gasteiger partial charge in [-0.1, -0.05) is 18.2 Å². The molecule has 3 rings (SSSR count). The first-order valence-electron chi connectivity index (χ1n) is 9.81. The topological polar surface area (TPSA) is 59.1 Å². The molecule has 6 nitrogen and oxygen atoms in total. The van der Waals surface area contributed by atoms with Crippen LogP contribution in [0.5, 0.6) is 11.5 Å². The molecule has 0 saturated carbocycles. The van der Waals surface area contributed by atoms with Gasteiger partial charge >= 0.3 is 6.36 Å². The Morgan fingerprint density at radius 3 is 2.19 bits per heavy atom. The summed E-state index contributed by atoms with van der Waals surface area (Å²) in [7, 11) is -1.90. The summed E-state index contributed by atoms with van der Waals surface area (Å²) in [6.45, 7) is 4.00. The normalized spacial score (nSPS) is 16.3. The highest BCUT2D eigenvalue weighted by Gasteiger charge is 2.31. The summed E-state index contributed by atoms with van der Waals surface area (Å²) < 4.78 is 70.9. The minimum atomic E-state index is -4.70. The Bertz CT molecular complexity index is 957. The highest BCUT2D eigenvalue weighted by molar-refractivity contribution is 7.91. The third-order valence-corrected chi connectivity index (χ3v) is 6.80. The lowest BCUT2D eigenvalue weighted by Crippen LogP contribution is -2.47. The Morgan fingerprint density at radius 1 is 0.935 bits per heavy atom. The average Bonchev–Trinajstić information content (AvgIpc) is 2.74. The zero-order valence-corrected chi connectivity index (χ0v) is 18.0. The molecule has 0 amide bonds. The van der Waals surface area contributed by atoms with Crippen LogP contribution in [0.25, 0.3) is 0 Å². The molecule has 0 spiro atoms. The molecule has 0 radical (unpaired) electrons. The highest BCUT2D eigenvalue weighted by atomic mass is 32.2. The maximum atomic E-state index is 12.6. The molecular formula is C21H25F3N2O4S. The predicted octanol–water partition coefficient (Wildman–Crippen LogP) is 3.19. The van der Waals surface area contributed by atoms with Gasteiger partial charge in [-0.15, -0.1) is 13.2 Å². The number of nitrogens with zero attached hydrogens (tertiary/aromatic N) is 2. The maximum Gasteiger partial charge on any atom is 0.573 e. The van der Waals surface area contributed by atoms with E-state index in [0.717, 1.165) is 31.7 Å². The van der Waals surface area contributed by atoms with Gasteiger partial charge in [0.2, 0.25) is 0 Å². The van der Waals surface area contributed by atoms with Crippen LogP contribution < -0.4 is 9.47 Å². The van der Waals surface area contributed by atoms with E-state index in [0.29, 0.717) is 18.8 Å². The number of benzene rings is 2. The Kier molecular flexibility index (Phi) is 7.45. The summed E-state index contributed by atoms with van der Waals surface area (Å²) in [6.07, 6.45) is -4.70. The van der Waals surface area contributed by atoms with Crippen molar-refractivity contribution in [1.29, 1.82) is 0 Å². The number of hydrogen-bond acceptors (Lipinski definition) is 6. The van der Waals surface area contributed by atoms with Crippen molar-refractivity contribution < 1.29 is 31.1 Å². The van der Waals surface area contributed by atoms with Gasteiger partial charge in [-0.25, -0.2) is 8.42 Å². The van der Waals surface area contributed by atoms with Crippen LogP contribution in [0.1, 0.15) is 5.56 Å². The van der Waals surface area contributed by atoms with Crippen LogP contribution in [0, 0.1) is 0 Å². The molecule has 1 aliphatic rings.